The molecule has 1 heteroatoms. The number of unbranched alkanes of at least 4 members (excludes halogenated alkanes) is 2. The average Bonchev–Trinajstić information content (AvgIpc) is 2.67. The molecular weight excluding hydrogens is 331 g/mol. The van der Waals surface area contributed by atoms with Gasteiger partial charge in [-0.3, -0.25) is 0 Å². The number of hydrogen-bond donors (Lipinski definition) is 0. The molecule has 0 bridgehead atoms. The fraction of sp³-hybridized carbons (Fsp3) is 0.769. The maximum absolute atomic E-state index is 15.1. The second-order valence-corrected chi connectivity index (χ2v) is 10.2. The van der Waals surface area contributed by atoms with Crippen LogP contribution in [0, 0.1) is 29.5 Å². The van der Waals surface area contributed by atoms with Gasteiger partial charge in [-0.25, -0.2) is 4.39 Å². The minimum Gasteiger partial charge on any atom is -0.207 e. The zero-order chi connectivity index (χ0) is 18.8. The number of rotatable bonds is 5. The van der Waals surface area contributed by atoms with Gasteiger partial charge in [-0.1, -0.05) is 52.0 Å². The molecule has 4 rings (SSSR count). The van der Waals surface area contributed by atoms with E-state index in [0.717, 1.165) is 35.7 Å². The Hall–Kier alpha value is -0.850. The van der Waals surface area contributed by atoms with E-state index < -0.39 is 0 Å². The van der Waals surface area contributed by atoms with Crippen LogP contribution in [0.3, 0.4) is 0 Å². The van der Waals surface area contributed by atoms with Crippen molar-refractivity contribution in [3.63, 3.8) is 0 Å². The van der Waals surface area contributed by atoms with E-state index in [4.69, 9.17) is 0 Å². The Morgan fingerprint density at radius 1 is 0.926 bits per heavy atom. The number of aryl methyl sites for hydroxylation is 1. The maximum atomic E-state index is 15.1. The van der Waals surface area contributed by atoms with Gasteiger partial charge in [0.2, 0.25) is 0 Å². The molecule has 150 valence electrons. The summed E-state index contributed by atoms with van der Waals surface area (Å²) in [5.74, 6) is 4.07. The fourth-order valence-electron chi connectivity index (χ4n) is 6.52. The van der Waals surface area contributed by atoms with Crippen LogP contribution in [-0.2, 0) is 12.8 Å². The van der Waals surface area contributed by atoms with E-state index in [2.05, 4.69) is 19.9 Å². The van der Waals surface area contributed by atoms with Crippen LogP contribution in [0.15, 0.2) is 12.1 Å². The Bertz CT molecular complexity index is 633. The SMILES string of the molecule is CCCCCC1CCc2cc(C3CCC4CC(C)CCC4C3)c(F)cc2C1. The summed E-state index contributed by atoms with van der Waals surface area (Å²) in [6.07, 6.45) is 16.9. The Kier molecular flexibility index (Phi) is 6.25. The fourth-order valence-corrected chi connectivity index (χ4v) is 6.52. The summed E-state index contributed by atoms with van der Waals surface area (Å²) < 4.78 is 15.1. The van der Waals surface area contributed by atoms with E-state index in [0.29, 0.717) is 5.92 Å². The standard InChI is InChI=1S/C26H39F/c1-3-4-5-6-19-8-10-22-16-25(26(27)17-24(22)14-19)23-12-11-20-13-18(2)7-9-21(20)15-23/h16-21,23H,3-15H2,1-2H3. The third-order valence-corrected chi connectivity index (χ3v) is 8.18. The maximum Gasteiger partial charge on any atom is 0.126 e. The third kappa shape index (κ3) is 4.43. The molecule has 5 atom stereocenters. The Labute approximate surface area is 166 Å². The van der Waals surface area contributed by atoms with Gasteiger partial charge >= 0.3 is 0 Å². The molecule has 27 heavy (non-hydrogen) atoms. The van der Waals surface area contributed by atoms with Gasteiger partial charge in [-0.2, -0.15) is 0 Å². The lowest BCUT2D eigenvalue weighted by molar-refractivity contribution is 0.124. The monoisotopic (exact) mass is 370 g/mol. The minimum absolute atomic E-state index is 0.107. The van der Waals surface area contributed by atoms with E-state index in [1.807, 2.05) is 6.07 Å². The highest BCUT2D eigenvalue weighted by Crippen LogP contribution is 2.48. The summed E-state index contributed by atoms with van der Waals surface area (Å²) in [6.45, 7) is 4.69. The van der Waals surface area contributed by atoms with Gasteiger partial charge in [-0.05, 0) is 104 Å². The molecule has 0 aromatic heterocycles. The largest absolute Gasteiger partial charge is 0.207 e. The number of hydrogen-bond acceptors (Lipinski definition) is 0. The van der Waals surface area contributed by atoms with Crippen LogP contribution >= 0.6 is 0 Å². The van der Waals surface area contributed by atoms with E-state index in [-0.39, 0.29) is 5.82 Å². The third-order valence-electron chi connectivity index (χ3n) is 8.18. The van der Waals surface area contributed by atoms with Crippen molar-refractivity contribution >= 4 is 0 Å². The predicted molar refractivity (Wildman–Crippen MR) is 113 cm³/mol. The van der Waals surface area contributed by atoms with Gasteiger partial charge in [-0.15, -0.1) is 0 Å². The molecule has 0 N–H and O–H groups in total. The molecule has 0 spiro atoms. The smallest absolute Gasteiger partial charge is 0.126 e. The molecule has 0 amide bonds. The van der Waals surface area contributed by atoms with Crippen molar-refractivity contribution in [2.45, 2.75) is 103 Å². The zero-order valence-corrected chi connectivity index (χ0v) is 17.6. The first kappa shape index (κ1) is 19.5. The number of fused-ring (bicyclic) bond motifs is 2. The van der Waals surface area contributed by atoms with Gasteiger partial charge in [0.05, 0.1) is 0 Å². The van der Waals surface area contributed by atoms with Crippen LogP contribution in [0.25, 0.3) is 0 Å². The molecule has 2 saturated carbocycles. The normalized spacial score (nSPS) is 33.4. The summed E-state index contributed by atoms with van der Waals surface area (Å²) in [6, 6.07) is 4.23. The number of benzene rings is 1. The van der Waals surface area contributed by atoms with Crippen LogP contribution < -0.4 is 0 Å². The van der Waals surface area contributed by atoms with Crippen molar-refractivity contribution in [2.24, 2.45) is 23.7 Å². The molecule has 0 aliphatic heterocycles. The highest BCUT2D eigenvalue weighted by molar-refractivity contribution is 5.37. The van der Waals surface area contributed by atoms with Crippen LogP contribution in [0.5, 0.6) is 0 Å². The second-order valence-electron chi connectivity index (χ2n) is 10.2. The van der Waals surface area contributed by atoms with E-state index >= 15 is 4.39 Å². The van der Waals surface area contributed by atoms with Gasteiger partial charge < -0.3 is 0 Å². The number of halogens is 1. The average molecular weight is 371 g/mol. The molecule has 3 aliphatic carbocycles. The summed E-state index contributed by atoms with van der Waals surface area (Å²) >= 11 is 0. The zero-order valence-electron chi connectivity index (χ0n) is 17.6. The van der Waals surface area contributed by atoms with Gasteiger partial charge in [0.25, 0.3) is 0 Å². The molecule has 1 aromatic rings. The minimum atomic E-state index is 0.107. The lowest BCUT2D eigenvalue weighted by atomic mass is 9.64. The molecule has 0 saturated heterocycles. The van der Waals surface area contributed by atoms with Crippen molar-refractivity contribution in [3.8, 4) is 0 Å². The van der Waals surface area contributed by atoms with Crippen molar-refractivity contribution in [3.05, 3.63) is 34.6 Å². The first-order chi connectivity index (χ1) is 13.1. The lowest BCUT2D eigenvalue weighted by Gasteiger charge is -2.42. The first-order valence-corrected chi connectivity index (χ1v) is 11.9. The van der Waals surface area contributed by atoms with E-state index in [1.54, 1.807) is 0 Å². The summed E-state index contributed by atoms with van der Waals surface area (Å²) in [5.41, 5.74) is 3.86. The Morgan fingerprint density at radius 3 is 2.59 bits per heavy atom. The Morgan fingerprint density at radius 2 is 1.74 bits per heavy atom. The first-order valence-electron chi connectivity index (χ1n) is 11.9. The van der Waals surface area contributed by atoms with Gasteiger partial charge in [0.15, 0.2) is 0 Å². The summed E-state index contributed by atoms with van der Waals surface area (Å²) in [7, 11) is 0. The van der Waals surface area contributed by atoms with Crippen LogP contribution in [0.4, 0.5) is 4.39 Å². The molecule has 0 nitrogen and oxygen atoms in total. The molecule has 1 aromatic carbocycles. The van der Waals surface area contributed by atoms with Crippen LogP contribution in [0.1, 0.15) is 107 Å². The predicted octanol–water partition coefficient (Wildman–Crippen LogP) is 7.83. The Balaban J connectivity index is 1.43. The molecule has 5 unspecified atom stereocenters. The van der Waals surface area contributed by atoms with Crippen molar-refractivity contribution in [1.82, 2.24) is 0 Å². The van der Waals surface area contributed by atoms with Crippen molar-refractivity contribution in [2.75, 3.05) is 0 Å². The highest BCUT2D eigenvalue weighted by atomic mass is 19.1. The quantitative estimate of drug-likeness (QED) is 0.463. The van der Waals surface area contributed by atoms with E-state index in [1.165, 1.54) is 88.2 Å². The molecule has 0 heterocycles. The van der Waals surface area contributed by atoms with E-state index in [9.17, 15) is 0 Å². The molecule has 3 aliphatic rings. The van der Waals surface area contributed by atoms with Gasteiger partial charge in [0.1, 0.15) is 5.82 Å². The summed E-state index contributed by atoms with van der Waals surface area (Å²) in [4.78, 5) is 0. The highest BCUT2D eigenvalue weighted by Gasteiger charge is 2.36. The topological polar surface area (TPSA) is 0 Å². The van der Waals surface area contributed by atoms with Crippen LogP contribution in [-0.4, -0.2) is 0 Å². The summed E-state index contributed by atoms with van der Waals surface area (Å²) in [5, 5.41) is 0. The molecule has 2 fully saturated rings. The van der Waals surface area contributed by atoms with Crippen LogP contribution in [0.2, 0.25) is 0 Å². The van der Waals surface area contributed by atoms with Crippen molar-refractivity contribution < 1.29 is 4.39 Å². The molecular formula is C26H39F. The lowest BCUT2D eigenvalue weighted by Crippen LogP contribution is -2.30. The van der Waals surface area contributed by atoms with Gasteiger partial charge in [0, 0.05) is 0 Å². The molecule has 0 radical (unpaired) electrons. The second kappa shape index (κ2) is 8.66. The van der Waals surface area contributed by atoms with Crippen molar-refractivity contribution in [1.29, 1.82) is 0 Å².